The summed E-state index contributed by atoms with van der Waals surface area (Å²) in [4.78, 5) is 41.2. The summed E-state index contributed by atoms with van der Waals surface area (Å²) >= 11 is 3.14. The van der Waals surface area contributed by atoms with Crippen molar-refractivity contribution in [1.82, 2.24) is 15.2 Å². The summed E-state index contributed by atoms with van der Waals surface area (Å²) in [6, 6.07) is 6.46. The first kappa shape index (κ1) is 19.8. The van der Waals surface area contributed by atoms with Crippen LogP contribution in [-0.2, 0) is 9.59 Å². The van der Waals surface area contributed by atoms with Crippen LogP contribution in [0.5, 0.6) is 0 Å². The molecule has 4 heterocycles. The molecule has 2 aliphatic rings. The zero-order valence-corrected chi connectivity index (χ0v) is 18.0. The predicted molar refractivity (Wildman–Crippen MR) is 113 cm³/mol. The van der Waals surface area contributed by atoms with E-state index in [4.69, 9.17) is 0 Å². The predicted octanol–water partition coefficient (Wildman–Crippen LogP) is 3.45. The molecule has 0 unspecified atom stereocenters. The minimum atomic E-state index is -0.639. The third-order valence-electron chi connectivity index (χ3n) is 5.03. The molecule has 1 fully saturated rings. The number of hydrogen-bond donors (Lipinski definition) is 1. The van der Waals surface area contributed by atoms with Gasteiger partial charge in [-0.15, -0.1) is 22.7 Å². The van der Waals surface area contributed by atoms with Crippen LogP contribution >= 0.6 is 22.7 Å². The highest BCUT2D eigenvalue weighted by Crippen LogP contribution is 2.36. The molecule has 0 aliphatic carbocycles. The minimum Gasteiger partial charge on any atom is -0.325 e. The molecule has 1 saturated heterocycles. The molecular formula is C20H22N4O3S2. The molecule has 2 atom stereocenters. The van der Waals surface area contributed by atoms with E-state index in [9.17, 15) is 14.4 Å². The van der Waals surface area contributed by atoms with Crippen LogP contribution in [-0.4, -0.2) is 46.1 Å². The average molecular weight is 431 g/mol. The lowest BCUT2D eigenvalue weighted by Gasteiger charge is -2.25. The van der Waals surface area contributed by atoms with Crippen LogP contribution in [0.15, 0.2) is 40.1 Å². The first-order chi connectivity index (χ1) is 13.8. The summed E-state index contributed by atoms with van der Waals surface area (Å²) in [5, 5.41) is 12.6. The molecular weight excluding hydrogens is 408 g/mol. The van der Waals surface area contributed by atoms with Gasteiger partial charge in [-0.05, 0) is 28.3 Å². The second-order valence-electron chi connectivity index (χ2n) is 8.17. The largest absolute Gasteiger partial charge is 0.325 e. The maximum atomic E-state index is 13.1. The maximum Gasteiger partial charge on any atom is 0.325 e. The van der Waals surface area contributed by atoms with Gasteiger partial charge >= 0.3 is 6.03 Å². The fourth-order valence-electron chi connectivity index (χ4n) is 3.50. The Morgan fingerprint density at radius 1 is 1.21 bits per heavy atom. The molecule has 0 radical (unpaired) electrons. The smallest absolute Gasteiger partial charge is 0.325 e. The Hall–Kier alpha value is -2.52. The normalized spacial score (nSPS) is 22.2. The molecule has 0 aromatic carbocycles. The van der Waals surface area contributed by atoms with Crippen molar-refractivity contribution in [2.75, 3.05) is 6.54 Å². The highest BCUT2D eigenvalue weighted by atomic mass is 32.1. The Balaban J connectivity index is 1.57. The van der Waals surface area contributed by atoms with E-state index in [1.165, 1.54) is 5.01 Å². The zero-order valence-electron chi connectivity index (χ0n) is 16.4. The average Bonchev–Trinajstić information content (AvgIpc) is 3.42. The van der Waals surface area contributed by atoms with Gasteiger partial charge in [0.25, 0.3) is 11.8 Å². The number of hydrazone groups is 1. The molecule has 2 aliphatic heterocycles. The third-order valence-corrected chi connectivity index (χ3v) is 6.92. The van der Waals surface area contributed by atoms with Crippen LogP contribution in [0.1, 0.15) is 43.0 Å². The molecule has 2 aromatic rings. The number of hydrogen-bond acceptors (Lipinski definition) is 6. The highest BCUT2D eigenvalue weighted by Gasteiger charge is 2.46. The Bertz CT molecular complexity index is 961. The van der Waals surface area contributed by atoms with Crippen LogP contribution in [0.3, 0.4) is 0 Å². The summed E-state index contributed by atoms with van der Waals surface area (Å²) in [6.07, 6.45) is 0.609. The number of carbonyl (C=O) groups is 3. The van der Waals surface area contributed by atoms with Crippen molar-refractivity contribution in [2.45, 2.75) is 39.3 Å². The molecule has 0 bridgehead atoms. The summed E-state index contributed by atoms with van der Waals surface area (Å²) < 4.78 is 0. The van der Waals surface area contributed by atoms with Gasteiger partial charge in [-0.25, -0.2) is 9.80 Å². The van der Waals surface area contributed by atoms with Crippen LogP contribution < -0.4 is 5.32 Å². The molecule has 1 N–H and O–H groups in total. The monoisotopic (exact) mass is 430 g/mol. The van der Waals surface area contributed by atoms with Crippen molar-refractivity contribution in [2.24, 2.45) is 10.5 Å². The lowest BCUT2D eigenvalue weighted by Crippen LogP contribution is -2.43. The molecule has 0 saturated carbocycles. The molecule has 0 spiro atoms. The summed E-state index contributed by atoms with van der Waals surface area (Å²) in [5.41, 5.74) is 0.416. The second kappa shape index (κ2) is 7.38. The number of rotatable bonds is 4. The molecule has 152 valence electrons. The van der Waals surface area contributed by atoms with Crippen LogP contribution in [0.25, 0.3) is 0 Å². The first-order valence-electron chi connectivity index (χ1n) is 9.34. The van der Waals surface area contributed by atoms with Gasteiger partial charge < -0.3 is 5.32 Å². The number of nitrogens with zero attached hydrogens (tertiary/aromatic N) is 3. The fraction of sp³-hybridized carbons (Fsp3) is 0.400. The van der Waals surface area contributed by atoms with Gasteiger partial charge in [0.2, 0.25) is 0 Å². The van der Waals surface area contributed by atoms with Crippen molar-refractivity contribution in [3.8, 4) is 0 Å². The second-order valence-corrected chi connectivity index (χ2v) is 10.1. The zero-order chi connectivity index (χ0) is 20.8. The van der Waals surface area contributed by atoms with Gasteiger partial charge in [0.1, 0.15) is 12.6 Å². The van der Waals surface area contributed by atoms with Crippen LogP contribution in [0.2, 0.25) is 0 Å². The maximum absolute atomic E-state index is 13.1. The summed E-state index contributed by atoms with van der Waals surface area (Å²) in [6.45, 7) is 5.32. The molecule has 7 nitrogen and oxygen atoms in total. The van der Waals surface area contributed by atoms with Crippen LogP contribution in [0, 0.1) is 5.41 Å². The quantitative estimate of drug-likeness (QED) is 0.754. The van der Waals surface area contributed by atoms with Crippen molar-refractivity contribution < 1.29 is 14.4 Å². The molecule has 29 heavy (non-hydrogen) atoms. The summed E-state index contributed by atoms with van der Waals surface area (Å²) in [7, 11) is 0. The molecule has 4 rings (SSSR count). The Morgan fingerprint density at radius 2 is 1.93 bits per heavy atom. The Kier molecular flexibility index (Phi) is 5.04. The van der Waals surface area contributed by atoms with Gasteiger partial charge in [0.05, 0.1) is 16.6 Å². The van der Waals surface area contributed by atoms with Crippen molar-refractivity contribution in [1.29, 1.82) is 0 Å². The van der Waals surface area contributed by atoms with Crippen LogP contribution in [0.4, 0.5) is 4.79 Å². The number of carbonyl (C=O) groups excluding carboxylic acids is 3. The lowest BCUT2D eigenvalue weighted by atomic mass is 9.87. The number of nitrogens with one attached hydrogen (secondary N) is 1. The first-order valence-corrected chi connectivity index (χ1v) is 11.1. The fourth-order valence-corrected chi connectivity index (χ4v) is 5.03. The third kappa shape index (κ3) is 3.72. The van der Waals surface area contributed by atoms with Gasteiger partial charge in [-0.2, -0.15) is 5.10 Å². The van der Waals surface area contributed by atoms with E-state index in [1.807, 2.05) is 55.8 Å². The van der Waals surface area contributed by atoms with Crippen molar-refractivity contribution >= 4 is 46.2 Å². The Morgan fingerprint density at radius 3 is 2.52 bits per heavy atom. The van der Waals surface area contributed by atoms with Gasteiger partial charge in [-0.3, -0.25) is 14.5 Å². The van der Waals surface area contributed by atoms with E-state index in [2.05, 4.69) is 10.4 Å². The standard InChI is InChI=1S/C20H22N4O3S2/c1-20(2,3)17-18(26)23(19(27)21-17)11-16(25)24-13(15-7-5-9-29-15)10-12(22-24)14-6-4-8-28-14/h4-9,13,17H,10-11H2,1-3H3,(H,21,27)/t13-,17-/m0/s1. The lowest BCUT2D eigenvalue weighted by molar-refractivity contribution is -0.139. The number of thiophene rings is 2. The van der Waals surface area contributed by atoms with E-state index >= 15 is 0 Å². The number of urea groups is 1. The molecule has 4 amide bonds. The van der Waals surface area contributed by atoms with E-state index in [1.54, 1.807) is 22.7 Å². The van der Waals surface area contributed by atoms with E-state index in [0.29, 0.717) is 6.42 Å². The topological polar surface area (TPSA) is 82.1 Å². The van der Waals surface area contributed by atoms with E-state index in [-0.39, 0.29) is 24.4 Å². The highest BCUT2D eigenvalue weighted by molar-refractivity contribution is 7.12. The molecule has 2 aromatic heterocycles. The van der Waals surface area contributed by atoms with Gasteiger partial charge in [0.15, 0.2) is 0 Å². The summed E-state index contributed by atoms with van der Waals surface area (Å²) in [5.74, 6) is -0.738. The molecule has 9 heteroatoms. The van der Waals surface area contributed by atoms with Gasteiger partial charge in [-0.1, -0.05) is 32.9 Å². The van der Waals surface area contributed by atoms with Gasteiger partial charge in [0, 0.05) is 11.3 Å². The Labute approximate surface area is 177 Å². The van der Waals surface area contributed by atoms with Crippen molar-refractivity contribution in [3.63, 3.8) is 0 Å². The minimum absolute atomic E-state index is 0.223. The van der Waals surface area contributed by atoms with E-state index in [0.717, 1.165) is 20.4 Å². The van der Waals surface area contributed by atoms with E-state index < -0.39 is 17.5 Å². The number of imide groups is 1. The SMILES string of the molecule is CC(C)(C)[C@H]1NC(=O)N(CC(=O)N2N=C(c3cccs3)C[C@H]2c2cccs2)C1=O. The number of amides is 4. The van der Waals surface area contributed by atoms with Crippen molar-refractivity contribution in [3.05, 3.63) is 44.8 Å².